The van der Waals surface area contributed by atoms with Crippen LogP contribution >= 0.6 is 11.3 Å². The van der Waals surface area contributed by atoms with Gasteiger partial charge in [-0.15, -0.1) is 11.3 Å². The number of hydrogen-bond donors (Lipinski definition) is 2. The van der Waals surface area contributed by atoms with E-state index in [9.17, 15) is 4.79 Å². The van der Waals surface area contributed by atoms with Crippen LogP contribution in [0.2, 0.25) is 0 Å². The Morgan fingerprint density at radius 3 is 2.75 bits per heavy atom. The number of nitrogens with one attached hydrogen (secondary N) is 2. The zero-order chi connectivity index (χ0) is 16.8. The highest BCUT2D eigenvalue weighted by Gasteiger charge is 2.11. The predicted octanol–water partition coefficient (Wildman–Crippen LogP) is 3.93. The van der Waals surface area contributed by atoms with Crippen molar-refractivity contribution in [3.63, 3.8) is 0 Å². The Labute approximate surface area is 143 Å². The maximum atomic E-state index is 12.3. The lowest BCUT2D eigenvalue weighted by molar-refractivity contribution is 0.102. The standard InChI is InChI=1S/C17H16N4O2S/c1-2-23-14-7-5-12(6-8-14)19-16(22)15-11-24-17(21-15)20-13-4-3-9-18-10-13/h3-11H,2H2,1H3,(H,19,22)(H,20,21). The van der Waals surface area contributed by atoms with E-state index in [0.29, 0.717) is 23.1 Å². The molecule has 0 saturated carbocycles. The molecule has 0 atom stereocenters. The fraction of sp³-hybridized carbons (Fsp3) is 0.118. The molecule has 24 heavy (non-hydrogen) atoms. The molecule has 0 aliphatic heterocycles. The van der Waals surface area contributed by atoms with Crippen LogP contribution in [0.15, 0.2) is 54.2 Å². The van der Waals surface area contributed by atoms with Crippen LogP contribution in [0, 0.1) is 0 Å². The number of amides is 1. The average molecular weight is 340 g/mol. The number of rotatable bonds is 6. The number of hydrogen-bond acceptors (Lipinski definition) is 6. The number of pyridine rings is 1. The highest BCUT2D eigenvalue weighted by Crippen LogP contribution is 2.21. The van der Waals surface area contributed by atoms with Gasteiger partial charge in [0.15, 0.2) is 5.13 Å². The third-order valence-electron chi connectivity index (χ3n) is 3.07. The molecule has 7 heteroatoms. The molecule has 0 aliphatic carbocycles. The Balaban J connectivity index is 1.63. The third-order valence-corrected chi connectivity index (χ3v) is 3.83. The summed E-state index contributed by atoms with van der Waals surface area (Å²) in [4.78, 5) is 20.6. The van der Waals surface area contributed by atoms with Gasteiger partial charge < -0.3 is 15.4 Å². The molecular weight excluding hydrogens is 324 g/mol. The summed E-state index contributed by atoms with van der Waals surface area (Å²) in [5.41, 5.74) is 1.88. The number of nitrogens with zero attached hydrogens (tertiary/aromatic N) is 2. The van der Waals surface area contributed by atoms with Crippen molar-refractivity contribution in [1.82, 2.24) is 9.97 Å². The molecule has 6 nitrogen and oxygen atoms in total. The second-order valence-corrected chi connectivity index (χ2v) is 5.67. The third kappa shape index (κ3) is 4.08. The predicted molar refractivity (Wildman–Crippen MR) is 95.2 cm³/mol. The summed E-state index contributed by atoms with van der Waals surface area (Å²) in [5.74, 6) is 0.516. The van der Waals surface area contributed by atoms with E-state index in [0.717, 1.165) is 11.4 Å². The number of carbonyl (C=O) groups is 1. The van der Waals surface area contributed by atoms with Crippen LogP contribution in [0.4, 0.5) is 16.5 Å². The quantitative estimate of drug-likeness (QED) is 0.711. The number of benzene rings is 1. The van der Waals surface area contributed by atoms with Crippen molar-refractivity contribution in [1.29, 1.82) is 0 Å². The van der Waals surface area contributed by atoms with Gasteiger partial charge in [-0.1, -0.05) is 0 Å². The first-order valence-electron chi connectivity index (χ1n) is 7.41. The van der Waals surface area contributed by atoms with Crippen LogP contribution in [-0.4, -0.2) is 22.5 Å². The first-order valence-corrected chi connectivity index (χ1v) is 8.29. The summed E-state index contributed by atoms with van der Waals surface area (Å²) in [5, 5.41) is 8.28. The average Bonchev–Trinajstić information content (AvgIpc) is 3.06. The summed E-state index contributed by atoms with van der Waals surface area (Å²) >= 11 is 1.36. The molecule has 0 radical (unpaired) electrons. The van der Waals surface area contributed by atoms with Crippen LogP contribution in [0.1, 0.15) is 17.4 Å². The van der Waals surface area contributed by atoms with Gasteiger partial charge in [0.2, 0.25) is 0 Å². The Morgan fingerprint density at radius 1 is 1.21 bits per heavy atom. The molecule has 3 rings (SSSR count). The molecule has 1 amide bonds. The molecule has 0 unspecified atom stereocenters. The summed E-state index contributed by atoms with van der Waals surface area (Å²) < 4.78 is 5.37. The van der Waals surface area contributed by atoms with E-state index >= 15 is 0 Å². The van der Waals surface area contributed by atoms with Gasteiger partial charge in [0.25, 0.3) is 5.91 Å². The maximum Gasteiger partial charge on any atom is 0.275 e. The number of aromatic nitrogens is 2. The summed E-state index contributed by atoms with van der Waals surface area (Å²) in [6.07, 6.45) is 3.39. The molecule has 0 aliphatic rings. The van der Waals surface area contributed by atoms with Crippen molar-refractivity contribution in [2.45, 2.75) is 6.92 Å². The van der Waals surface area contributed by atoms with E-state index in [1.54, 1.807) is 29.9 Å². The SMILES string of the molecule is CCOc1ccc(NC(=O)c2csc(Nc3cccnc3)n2)cc1. The first-order chi connectivity index (χ1) is 11.7. The Kier molecular flexibility index (Phi) is 5.02. The molecule has 0 saturated heterocycles. The van der Waals surface area contributed by atoms with Crippen molar-refractivity contribution >= 4 is 33.8 Å². The molecule has 3 aromatic rings. The van der Waals surface area contributed by atoms with Gasteiger partial charge in [-0.05, 0) is 43.3 Å². The highest BCUT2D eigenvalue weighted by molar-refractivity contribution is 7.14. The Morgan fingerprint density at radius 2 is 2.04 bits per heavy atom. The van der Waals surface area contributed by atoms with E-state index in [4.69, 9.17) is 4.74 Å². The van der Waals surface area contributed by atoms with Crippen LogP contribution < -0.4 is 15.4 Å². The van der Waals surface area contributed by atoms with E-state index < -0.39 is 0 Å². The van der Waals surface area contributed by atoms with Gasteiger partial charge in [0, 0.05) is 17.3 Å². The van der Waals surface area contributed by atoms with E-state index in [1.807, 2.05) is 31.2 Å². The molecule has 0 fully saturated rings. The van der Waals surface area contributed by atoms with Gasteiger partial charge in [-0.2, -0.15) is 0 Å². The molecule has 2 heterocycles. The largest absolute Gasteiger partial charge is 0.494 e. The minimum atomic E-state index is -0.255. The van der Waals surface area contributed by atoms with Crippen LogP contribution in [0.5, 0.6) is 5.75 Å². The van der Waals surface area contributed by atoms with Crippen LogP contribution in [0.25, 0.3) is 0 Å². The molecule has 0 bridgehead atoms. The van der Waals surface area contributed by atoms with Crippen molar-refractivity contribution in [3.05, 3.63) is 59.9 Å². The fourth-order valence-electron chi connectivity index (χ4n) is 1.99. The lowest BCUT2D eigenvalue weighted by Gasteiger charge is -2.06. The normalized spacial score (nSPS) is 10.2. The fourth-order valence-corrected chi connectivity index (χ4v) is 2.70. The molecular formula is C17H16N4O2S. The minimum Gasteiger partial charge on any atom is -0.494 e. The zero-order valence-corrected chi connectivity index (χ0v) is 13.8. The van der Waals surface area contributed by atoms with E-state index in [-0.39, 0.29) is 5.91 Å². The summed E-state index contributed by atoms with van der Waals surface area (Å²) in [6, 6.07) is 10.9. The van der Waals surface area contributed by atoms with Crippen molar-refractivity contribution in [2.75, 3.05) is 17.2 Å². The lowest BCUT2D eigenvalue weighted by Crippen LogP contribution is -2.12. The molecule has 2 N–H and O–H groups in total. The molecule has 122 valence electrons. The van der Waals surface area contributed by atoms with E-state index in [2.05, 4.69) is 20.6 Å². The van der Waals surface area contributed by atoms with Crippen molar-refractivity contribution in [2.24, 2.45) is 0 Å². The van der Waals surface area contributed by atoms with Crippen molar-refractivity contribution < 1.29 is 9.53 Å². The molecule has 2 aromatic heterocycles. The highest BCUT2D eigenvalue weighted by atomic mass is 32.1. The number of carbonyl (C=O) groups excluding carboxylic acids is 1. The number of anilines is 3. The molecule has 0 spiro atoms. The van der Waals surface area contributed by atoms with Gasteiger partial charge >= 0.3 is 0 Å². The van der Waals surface area contributed by atoms with Crippen LogP contribution in [0.3, 0.4) is 0 Å². The minimum absolute atomic E-state index is 0.255. The maximum absolute atomic E-state index is 12.3. The van der Waals surface area contributed by atoms with Gasteiger partial charge in [-0.3, -0.25) is 9.78 Å². The number of ether oxygens (including phenoxy) is 1. The van der Waals surface area contributed by atoms with Gasteiger partial charge in [0.1, 0.15) is 11.4 Å². The summed E-state index contributed by atoms with van der Waals surface area (Å²) in [6.45, 7) is 2.53. The second-order valence-electron chi connectivity index (χ2n) is 4.82. The second kappa shape index (κ2) is 7.56. The van der Waals surface area contributed by atoms with Crippen molar-refractivity contribution in [3.8, 4) is 5.75 Å². The number of thiazole rings is 1. The lowest BCUT2D eigenvalue weighted by atomic mass is 10.3. The Bertz CT molecular complexity index is 803. The Hall–Kier alpha value is -2.93. The monoisotopic (exact) mass is 340 g/mol. The first kappa shape index (κ1) is 15.9. The van der Waals surface area contributed by atoms with E-state index in [1.165, 1.54) is 11.3 Å². The smallest absolute Gasteiger partial charge is 0.275 e. The van der Waals surface area contributed by atoms with Gasteiger partial charge in [0.05, 0.1) is 18.5 Å². The molecule has 1 aromatic carbocycles. The van der Waals surface area contributed by atoms with Gasteiger partial charge in [-0.25, -0.2) is 4.98 Å². The van der Waals surface area contributed by atoms with Crippen LogP contribution in [-0.2, 0) is 0 Å². The zero-order valence-electron chi connectivity index (χ0n) is 13.0. The topological polar surface area (TPSA) is 76.1 Å². The summed E-state index contributed by atoms with van der Waals surface area (Å²) in [7, 11) is 0.